The van der Waals surface area contributed by atoms with Crippen molar-refractivity contribution in [2.24, 2.45) is 0 Å². The van der Waals surface area contributed by atoms with Crippen molar-refractivity contribution >= 4 is 33.0 Å². The standard InChI is InChI=1S/C23H25N3O3S2/c27-22(16-20-17-30-23(25-20)18-8-4-3-5-9-18)24-19-10-12-21(13-11-19)31(28,29)26-14-6-1-2-7-15-26/h3-5,8-13,17H,1-2,6-7,14-16H2,(H,24,27). The van der Waals surface area contributed by atoms with Crippen LogP contribution < -0.4 is 5.32 Å². The number of thiazole rings is 1. The second kappa shape index (κ2) is 9.72. The average Bonchev–Trinajstić information content (AvgIpc) is 3.05. The lowest BCUT2D eigenvalue weighted by atomic mass is 10.2. The number of amides is 1. The monoisotopic (exact) mass is 455 g/mol. The normalized spacial score (nSPS) is 15.4. The van der Waals surface area contributed by atoms with Crippen molar-refractivity contribution in [1.29, 1.82) is 0 Å². The molecule has 0 unspecified atom stereocenters. The van der Waals surface area contributed by atoms with Crippen LogP contribution in [0.5, 0.6) is 0 Å². The smallest absolute Gasteiger partial charge is 0.243 e. The maximum atomic E-state index is 12.9. The molecular weight excluding hydrogens is 430 g/mol. The van der Waals surface area contributed by atoms with Crippen molar-refractivity contribution in [3.8, 4) is 10.6 Å². The fourth-order valence-electron chi connectivity index (χ4n) is 3.61. The summed E-state index contributed by atoms with van der Waals surface area (Å²) in [5.74, 6) is -0.187. The molecule has 4 rings (SSSR count). The van der Waals surface area contributed by atoms with Gasteiger partial charge >= 0.3 is 0 Å². The molecule has 31 heavy (non-hydrogen) atoms. The highest BCUT2D eigenvalue weighted by Gasteiger charge is 2.25. The van der Waals surface area contributed by atoms with Crippen LogP contribution in [0.3, 0.4) is 0 Å². The Kier molecular flexibility index (Phi) is 6.80. The van der Waals surface area contributed by atoms with Gasteiger partial charge in [0.15, 0.2) is 0 Å². The molecule has 0 radical (unpaired) electrons. The molecule has 162 valence electrons. The van der Waals surface area contributed by atoms with Crippen LogP contribution in [0.4, 0.5) is 5.69 Å². The van der Waals surface area contributed by atoms with Crippen LogP contribution in [0.2, 0.25) is 0 Å². The summed E-state index contributed by atoms with van der Waals surface area (Å²) in [4.78, 5) is 17.2. The zero-order valence-corrected chi connectivity index (χ0v) is 18.8. The lowest BCUT2D eigenvalue weighted by Crippen LogP contribution is -2.31. The maximum absolute atomic E-state index is 12.9. The third-order valence-corrected chi connectivity index (χ3v) is 8.11. The predicted octanol–water partition coefficient (Wildman–Crippen LogP) is 4.56. The minimum absolute atomic E-state index is 0.164. The third kappa shape index (κ3) is 5.39. The van der Waals surface area contributed by atoms with Gasteiger partial charge < -0.3 is 5.32 Å². The SMILES string of the molecule is O=C(Cc1csc(-c2ccccc2)n1)Nc1ccc(S(=O)(=O)N2CCCCCC2)cc1. The Labute approximate surface area is 187 Å². The molecule has 1 N–H and O–H groups in total. The van der Waals surface area contributed by atoms with E-state index in [1.807, 2.05) is 35.7 Å². The van der Waals surface area contributed by atoms with Gasteiger partial charge in [0.1, 0.15) is 5.01 Å². The molecule has 1 fully saturated rings. The van der Waals surface area contributed by atoms with Crippen molar-refractivity contribution in [3.05, 3.63) is 65.7 Å². The minimum atomic E-state index is -3.49. The summed E-state index contributed by atoms with van der Waals surface area (Å²) in [6, 6.07) is 16.2. The van der Waals surface area contributed by atoms with Gasteiger partial charge in [-0.05, 0) is 37.1 Å². The van der Waals surface area contributed by atoms with E-state index < -0.39 is 10.0 Å². The number of nitrogens with zero attached hydrogens (tertiary/aromatic N) is 2. The van der Waals surface area contributed by atoms with E-state index in [2.05, 4.69) is 10.3 Å². The third-order valence-electron chi connectivity index (χ3n) is 5.26. The van der Waals surface area contributed by atoms with Crippen molar-refractivity contribution < 1.29 is 13.2 Å². The molecule has 2 aromatic carbocycles. The Hall–Kier alpha value is -2.55. The van der Waals surface area contributed by atoms with Crippen LogP contribution in [0.15, 0.2) is 64.9 Å². The van der Waals surface area contributed by atoms with Crippen LogP contribution in [0, 0.1) is 0 Å². The van der Waals surface area contributed by atoms with E-state index in [-0.39, 0.29) is 17.2 Å². The first kappa shape index (κ1) is 21.7. The van der Waals surface area contributed by atoms with Gasteiger partial charge in [-0.3, -0.25) is 4.79 Å². The number of carbonyl (C=O) groups excluding carboxylic acids is 1. The van der Waals surface area contributed by atoms with Crippen LogP contribution in [-0.2, 0) is 21.2 Å². The van der Waals surface area contributed by atoms with E-state index in [4.69, 9.17) is 0 Å². The van der Waals surface area contributed by atoms with Crippen LogP contribution in [0.1, 0.15) is 31.4 Å². The topological polar surface area (TPSA) is 79.4 Å². The summed E-state index contributed by atoms with van der Waals surface area (Å²) in [6.07, 6.45) is 4.11. The highest BCUT2D eigenvalue weighted by atomic mass is 32.2. The van der Waals surface area contributed by atoms with Crippen LogP contribution >= 0.6 is 11.3 Å². The van der Waals surface area contributed by atoms with Gasteiger partial charge in [0.05, 0.1) is 17.0 Å². The number of rotatable bonds is 6. The Morgan fingerprint density at radius 3 is 2.32 bits per heavy atom. The van der Waals surface area contributed by atoms with E-state index >= 15 is 0 Å². The van der Waals surface area contributed by atoms with Crippen molar-refractivity contribution in [3.63, 3.8) is 0 Å². The number of anilines is 1. The first-order chi connectivity index (χ1) is 15.0. The summed E-state index contributed by atoms with van der Waals surface area (Å²) in [6.45, 7) is 1.14. The zero-order chi connectivity index (χ0) is 21.7. The maximum Gasteiger partial charge on any atom is 0.243 e. The van der Waals surface area contributed by atoms with Crippen LogP contribution in [-0.4, -0.2) is 36.7 Å². The van der Waals surface area contributed by atoms with Crippen molar-refractivity contribution in [1.82, 2.24) is 9.29 Å². The number of hydrogen-bond donors (Lipinski definition) is 1. The van der Waals surface area contributed by atoms with E-state index in [0.29, 0.717) is 24.5 Å². The van der Waals surface area contributed by atoms with Gasteiger partial charge in [-0.15, -0.1) is 11.3 Å². The highest BCUT2D eigenvalue weighted by Crippen LogP contribution is 2.24. The molecular formula is C23H25N3O3S2. The van der Waals surface area contributed by atoms with Crippen molar-refractivity contribution in [2.75, 3.05) is 18.4 Å². The average molecular weight is 456 g/mol. The highest BCUT2D eigenvalue weighted by molar-refractivity contribution is 7.89. The lowest BCUT2D eigenvalue weighted by Gasteiger charge is -2.20. The molecule has 0 saturated carbocycles. The quantitative estimate of drug-likeness (QED) is 0.591. The molecule has 1 aliphatic heterocycles. The summed E-state index contributed by atoms with van der Waals surface area (Å²) in [5, 5.41) is 5.59. The molecule has 0 aliphatic carbocycles. The van der Waals surface area contributed by atoms with Gasteiger partial charge in [0, 0.05) is 29.7 Å². The number of hydrogen-bond acceptors (Lipinski definition) is 5. The van der Waals surface area contributed by atoms with Gasteiger partial charge in [-0.1, -0.05) is 43.2 Å². The van der Waals surface area contributed by atoms with E-state index in [1.54, 1.807) is 28.6 Å². The predicted molar refractivity (Wildman–Crippen MR) is 124 cm³/mol. The second-order valence-corrected chi connectivity index (χ2v) is 10.4. The molecule has 3 aromatic rings. The van der Waals surface area contributed by atoms with E-state index in [9.17, 15) is 13.2 Å². The summed E-state index contributed by atoms with van der Waals surface area (Å²) in [5.41, 5.74) is 2.31. The fraction of sp³-hybridized carbons (Fsp3) is 0.304. The Bertz CT molecular complexity index is 1120. The largest absolute Gasteiger partial charge is 0.326 e. The lowest BCUT2D eigenvalue weighted by molar-refractivity contribution is -0.115. The Morgan fingerprint density at radius 2 is 1.65 bits per heavy atom. The Balaban J connectivity index is 1.38. The molecule has 0 bridgehead atoms. The molecule has 1 saturated heterocycles. The molecule has 8 heteroatoms. The van der Waals surface area contributed by atoms with Crippen molar-refractivity contribution in [2.45, 2.75) is 37.0 Å². The second-order valence-electron chi connectivity index (χ2n) is 7.58. The van der Waals surface area contributed by atoms with Gasteiger partial charge in [-0.2, -0.15) is 4.31 Å². The van der Waals surface area contributed by atoms with E-state index in [0.717, 1.165) is 36.3 Å². The number of aromatic nitrogens is 1. The van der Waals surface area contributed by atoms with Gasteiger partial charge in [0.25, 0.3) is 0 Å². The fourth-order valence-corrected chi connectivity index (χ4v) is 5.96. The molecule has 0 spiro atoms. The molecule has 1 amide bonds. The van der Waals surface area contributed by atoms with Gasteiger partial charge in [0.2, 0.25) is 15.9 Å². The molecule has 0 atom stereocenters. The molecule has 6 nitrogen and oxygen atoms in total. The minimum Gasteiger partial charge on any atom is -0.326 e. The summed E-state index contributed by atoms with van der Waals surface area (Å²) < 4.78 is 27.3. The molecule has 1 aromatic heterocycles. The zero-order valence-electron chi connectivity index (χ0n) is 17.2. The number of sulfonamides is 1. The number of nitrogens with one attached hydrogen (secondary N) is 1. The van der Waals surface area contributed by atoms with Gasteiger partial charge in [-0.25, -0.2) is 13.4 Å². The molecule has 2 heterocycles. The first-order valence-electron chi connectivity index (χ1n) is 10.4. The summed E-state index contributed by atoms with van der Waals surface area (Å²) >= 11 is 1.51. The van der Waals surface area contributed by atoms with E-state index in [1.165, 1.54) is 11.3 Å². The number of carbonyl (C=O) groups is 1. The molecule has 1 aliphatic rings. The van der Waals surface area contributed by atoms with Crippen LogP contribution in [0.25, 0.3) is 10.6 Å². The number of benzene rings is 2. The summed E-state index contributed by atoms with van der Waals surface area (Å²) in [7, 11) is -3.49. The first-order valence-corrected chi connectivity index (χ1v) is 12.7. The Morgan fingerprint density at radius 1 is 0.968 bits per heavy atom.